The minimum atomic E-state index is -0.214. The van der Waals surface area contributed by atoms with E-state index in [1.165, 1.54) is 0 Å². The van der Waals surface area contributed by atoms with Gasteiger partial charge in [-0.25, -0.2) is 0 Å². The molecule has 0 amide bonds. The highest BCUT2D eigenvalue weighted by Gasteiger charge is 2.17. The van der Waals surface area contributed by atoms with E-state index in [1.807, 2.05) is 13.8 Å². The molecule has 0 aliphatic rings. The number of nitrogens with one attached hydrogen (secondary N) is 1. The van der Waals surface area contributed by atoms with Crippen molar-refractivity contribution in [3.63, 3.8) is 0 Å². The average molecular weight is 264 g/mol. The molecule has 0 fully saturated rings. The van der Waals surface area contributed by atoms with Crippen molar-refractivity contribution in [2.75, 3.05) is 13.2 Å². The Labute approximate surface area is 94.0 Å². The van der Waals surface area contributed by atoms with Crippen LogP contribution in [-0.4, -0.2) is 25.2 Å². The molecule has 0 rings (SSSR count). The molecule has 0 bridgehead atoms. The fourth-order valence-corrected chi connectivity index (χ4v) is 1.23. The van der Waals surface area contributed by atoms with Crippen molar-refractivity contribution >= 4 is 21.9 Å². The van der Waals surface area contributed by atoms with Crippen LogP contribution in [0.2, 0.25) is 0 Å². The monoisotopic (exact) mass is 263 g/mol. The third-order valence-electron chi connectivity index (χ3n) is 1.69. The van der Waals surface area contributed by atoms with E-state index in [4.69, 9.17) is 4.74 Å². The zero-order chi connectivity index (χ0) is 11.0. The molecule has 0 heterocycles. The van der Waals surface area contributed by atoms with Crippen LogP contribution in [0.25, 0.3) is 0 Å². The van der Waals surface area contributed by atoms with Crippen LogP contribution >= 0.6 is 15.9 Å². The Hall–Kier alpha value is -0.350. The smallest absolute Gasteiger partial charge is 0.323 e. The Morgan fingerprint density at radius 1 is 1.57 bits per heavy atom. The van der Waals surface area contributed by atoms with Crippen LogP contribution in [0, 0.1) is 0 Å². The molecule has 0 saturated carbocycles. The van der Waals surface area contributed by atoms with Gasteiger partial charge in [0, 0.05) is 11.0 Å². The van der Waals surface area contributed by atoms with E-state index in [0.29, 0.717) is 13.2 Å². The minimum Gasteiger partial charge on any atom is -0.465 e. The van der Waals surface area contributed by atoms with Gasteiger partial charge in [0.25, 0.3) is 0 Å². The topological polar surface area (TPSA) is 38.3 Å². The lowest BCUT2D eigenvalue weighted by Crippen LogP contribution is -2.38. The van der Waals surface area contributed by atoms with Crippen molar-refractivity contribution in [1.82, 2.24) is 5.32 Å². The normalized spacial score (nSPS) is 12.2. The van der Waals surface area contributed by atoms with E-state index in [-0.39, 0.29) is 12.0 Å². The number of esters is 1. The molecular formula is C10H18BrNO2. The number of hydrogen-bond acceptors (Lipinski definition) is 3. The molecule has 0 spiro atoms. The molecule has 1 atom stereocenters. The van der Waals surface area contributed by atoms with Gasteiger partial charge in [-0.05, 0) is 13.3 Å². The van der Waals surface area contributed by atoms with E-state index < -0.39 is 0 Å². The number of hydrogen-bond donors (Lipinski definition) is 1. The highest BCUT2D eigenvalue weighted by atomic mass is 79.9. The second-order valence-corrected chi connectivity index (χ2v) is 4.11. The number of halogens is 1. The third kappa shape index (κ3) is 6.16. The van der Waals surface area contributed by atoms with E-state index >= 15 is 0 Å². The second-order valence-electron chi connectivity index (χ2n) is 2.99. The van der Waals surface area contributed by atoms with Crippen molar-refractivity contribution in [1.29, 1.82) is 0 Å². The van der Waals surface area contributed by atoms with Gasteiger partial charge in [-0.1, -0.05) is 35.9 Å². The van der Waals surface area contributed by atoms with Crippen LogP contribution in [0.15, 0.2) is 11.1 Å². The zero-order valence-electron chi connectivity index (χ0n) is 8.81. The Morgan fingerprint density at radius 3 is 2.64 bits per heavy atom. The zero-order valence-corrected chi connectivity index (χ0v) is 10.4. The number of carbonyl (C=O) groups is 1. The first-order valence-corrected chi connectivity index (χ1v) is 5.64. The second kappa shape index (κ2) is 8.00. The maximum absolute atomic E-state index is 11.4. The molecule has 0 aromatic rings. The first-order valence-electron chi connectivity index (χ1n) is 4.85. The van der Waals surface area contributed by atoms with Gasteiger partial charge < -0.3 is 4.74 Å². The molecule has 1 unspecified atom stereocenters. The fourth-order valence-electron chi connectivity index (χ4n) is 1.07. The Kier molecular flexibility index (Phi) is 7.80. The average Bonchev–Trinajstić information content (AvgIpc) is 2.12. The summed E-state index contributed by atoms with van der Waals surface area (Å²) in [7, 11) is 0. The van der Waals surface area contributed by atoms with Gasteiger partial charge >= 0.3 is 5.97 Å². The highest BCUT2D eigenvalue weighted by Crippen LogP contribution is 2.03. The number of ether oxygens (including phenoxy) is 1. The molecule has 3 nitrogen and oxygen atoms in total. The van der Waals surface area contributed by atoms with Crippen molar-refractivity contribution in [2.24, 2.45) is 0 Å². The van der Waals surface area contributed by atoms with Gasteiger partial charge in [-0.15, -0.1) is 0 Å². The van der Waals surface area contributed by atoms with Crippen molar-refractivity contribution in [2.45, 2.75) is 32.7 Å². The summed E-state index contributed by atoms with van der Waals surface area (Å²) in [6, 6.07) is -0.214. The summed E-state index contributed by atoms with van der Waals surface area (Å²) < 4.78 is 5.78. The molecule has 82 valence electrons. The predicted octanol–water partition coefficient (Wildman–Crippen LogP) is 2.22. The lowest BCUT2D eigenvalue weighted by Gasteiger charge is -2.15. The van der Waals surface area contributed by atoms with Crippen molar-refractivity contribution in [3.05, 3.63) is 11.1 Å². The van der Waals surface area contributed by atoms with Gasteiger partial charge in [0.15, 0.2) is 0 Å². The highest BCUT2D eigenvalue weighted by molar-refractivity contribution is 9.11. The lowest BCUT2D eigenvalue weighted by atomic mass is 10.1. The molecule has 0 aromatic heterocycles. The molecule has 0 aliphatic carbocycles. The summed E-state index contributed by atoms with van der Waals surface area (Å²) in [6.07, 6.45) is 1.74. The predicted molar refractivity (Wildman–Crippen MR) is 61.4 cm³/mol. The quantitative estimate of drug-likeness (QED) is 0.716. The standard InChI is InChI=1S/C10H18BrNO2/c1-4-6-9(10(13)14-5-2)12-7-8(3)11/h9,12H,3-7H2,1-2H3. The first-order chi connectivity index (χ1) is 6.61. The van der Waals surface area contributed by atoms with E-state index in [9.17, 15) is 4.79 Å². The third-order valence-corrected chi connectivity index (χ3v) is 1.97. The van der Waals surface area contributed by atoms with Crippen molar-refractivity contribution < 1.29 is 9.53 Å². The summed E-state index contributed by atoms with van der Waals surface area (Å²) in [5, 5.41) is 3.08. The lowest BCUT2D eigenvalue weighted by molar-refractivity contribution is -0.145. The molecule has 1 N–H and O–H groups in total. The Morgan fingerprint density at radius 2 is 2.21 bits per heavy atom. The molecule has 4 heteroatoms. The number of rotatable bonds is 7. The van der Waals surface area contributed by atoms with E-state index in [0.717, 1.165) is 17.3 Å². The van der Waals surface area contributed by atoms with Gasteiger partial charge in [0.1, 0.15) is 6.04 Å². The van der Waals surface area contributed by atoms with Crippen LogP contribution < -0.4 is 5.32 Å². The largest absolute Gasteiger partial charge is 0.465 e. The molecule has 0 aromatic carbocycles. The van der Waals surface area contributed by atoms with E-state index in [2.05, 4.69) is 27.8 Å². The summed E-state index contributed by atoms with van der Waals surface area (Å²) >= 11 is 3.23. The fraction of sp³-hybridized carbons (Fsp3) is 0.700. The molecular weight excluding hydrogens is 246 g/mol. The Bertz CT molecular complexity index is 195. The van der Waals surface area contributed by atoms with Crippen molar-refractivity contribution in [3.8, 4) is 0 Å². The molecule has 0 radical (unpaired) electrons. The minimum absolute atomic E-state index is 0.178. The maximum Gasteiger partial charge on any atom is 0.323 e. The van der Waals surface area contributed by atoms with E-state index in [1.54, 1.807) is 0 Å². The summed E-state index contributed by atoms with van der Waals surface area (Å²) in [4.78, 5) is 11.4. The molecule has 14 heavy (non-hydrogen) atoms. The SMILES string of the molecule is C=C(Br)CNC(CCC)C(=O)OCC. The number of carbonyl (C=O) groups excluding carboxylic acids is 1. The summed E-state index contributed by atoms with van der Waals surface area (Å²) in [5.41, 5.74) is 0. The molecule has 0 aliphatic heterocycles. The maximum atomic E-state index is 11.4. The summed E-state index contributed by atoms with van der Waals surface area (Å²) in [5.74, 6) is -0.178. The van der Waals surface area contributed by atoms with Crippen LogP contribution in [0.4, 0.5) is 0 Å². The van der Waals surface area contributed by atoms with Crippen LogP contribution in [0.5, 0.6) is 0 Å². The molecule has 0 saturated heterocycles. The summed E-state index contributed by atoms with van der Waals surface area (Å²) in [6.45, 7) is 8.56. The van der Waals surface area contributed by atoms with Gasteiger partial charge in [0.2, 0.25) is 0 Å². The van der Waals surface area contributed by atoms with Crippen LogP contribution in [0.1, 0.15) is 26.7 Å². The Balaban J connectivity index is 3.99. The van der Waals surface area contributed by atoms with Crippen LogP contribution in [0.3, 0.4) is 0 Å². The van der Waals surface area contributed by atoms with Crippen LogP contribution in [-0.2, 0) is 9.53 Å². The van der Waals surface area contributed by atoms with Gasteiger partial charge in [0.05, 0.1) is 6.61 Å². The first kappa shape index (κ1) is 13.7. The van der Waals surface area contributed by atoms with Gasteiger partial charge in [-0.2, -0.15) is 0 Å². The van der Waals surface area contributed by atoms with Gasteiger partial charge in [-0.3, -0.25) is 10.1 Å².